The maximum absolute atomic E-state index is 14.3. The number of aromatic nitrogens is 2. The Morgan fingerprint density at radius 3 is 2.62 bits per heavy atom. The lowest BCUT2D eigenvalue weighted by molar-refractivity contribution is -0.142. The number of carbonyl (C=O) groups is 2. The Hall–Kier alpha value is -3.18. The molecule has 1 atom stereocenters. The number of halogens is 5. The van der Waals surface area contributed by atoms with E-state index in [0.717, 1.165) is 6.07 Å². The summed E-state index contributed by atoms with van der Waals surface area (Å²) in [4.78, 5) is 28.4. The lowest BCUT2D eigenvalue weighted by Gasteiger charge is -2.27. The largest absolute Gasteiger partial charge is 0.422 e. The van der Waals surface area contributed by atoms with Crippen molar-refractivity contribution in [1.82, 2.24) is 19.6 Å². The summed E-state index contributed by atoms with van der Waals surface area (Å²) in [6.07, 6.45) is -4.93. The van der Waals surface area contributed by atoms with Gasteiger partial charge in [-0.25, -0.2) is 13.6 Å². The minimum Gasteiger partial charge on any atom is -0.340 e. The number of urea groups is 1. The molecule has 1 aromatic heterocycles. The Morgan fingerprint density at radius 2 is 1.94 bits per heavy atom. The van der Waals surface area contributed by atoms with Crippen LogP contribution in [0.3, 0.4) is 0 Å². The van der Waals surface area contributed by atoms with Gasteiger partial charge in [-0.15, -0.1) is 0 Å². The van der Waals surface area contributed by atoms with E-state index < -0.39 is 35.1 Å². The van der Waals surface area contributed by atoms with Gasteiger partial charge in [0.25, 0.3) is 5.91 Å². The van der Waals surface area contributed by atoms with Gasteiger partial charge in [0.05, 0.1) is 17.9 Å². The fraction of sp³-hybridized carbons (Fsp3) is 0.450. The molecule has 172 valence electrons. The smallest absolute Gasteiger partial charge is 0.340 e. The molecule has 1 aromatic carbocycles. The molecule has 0 saturated heterocycles. The van der Waals surface area contributed by atoms with E-state index in [2.05, 4.69) is 10.4 Å². The molecule has 0 saturated carbocycles. The monoisotopic (exact) mass is 457 g/mol. The maximum atomic E-state index is 14.3. The summed E-state index contributed by atoms with van der Waals surface area (Å²) in [7, 11) is 1.68. The molecular formula is C20H20F5N5O2. The number of nitrogens with one attached hydrogen (secondary N) is 1. The summed E-state index contributed by atoms with van der Waals surface area (Å²) in [6, 6.07) is 0.319. The molecule has 1 unspecified atom stereocenters. The van der Waals surface area contributed by atoms with Crippen LogP contribution in [-0.4, -0.2) is 51.7 Å². The molecule has 2 aliphatic rings. The second-order valence-electron chi connectivity index (χ2n) is 8.13. The lowest BCUT2D eigenvalue weighted by Crippen LogP contribution is -2.40. The molecule has 2 aromatic rings. The summed E-state index contributed by atoms with van der Waals surface area (Å²) in [6.45, 7) is 3.23. The molecule has 3 amide bonds. The molecule has 0 fully saturated rings. The molecule has 0 spiro atoms. The minimum absolute atomic E-state index is 0.0145. The summed E-state index contributed by atoms with van der Waals surface area (Å²) < 4.78 is 68.3. The van der Waals surface area contributed by atoms with Crippen molar-refractivity contribution in [3.63, 3.8) is 0 Å². The predicted molar refractivity (Wildman–Crippen MR) is 103 cm³/mol. The van der Waals surface area contributed by atoms with E-state index in [4.69, 9.17) is 0 Å². The summed E-state index contributed by atoms with van der Waals surface area (Å²) in [5.41, 5.74) is -1.24. The van der Waals surface area contributed by atoms with E-state index in [1.807, 2.05) is 6.92 Å². The molecule has 7 nitrogen and oxygen atoms in total. The van der Waals surface area contributed by atoms with Crippen LogP contribution in [0.15, 0.2) is 12.1 Å². The second-order valence-corrected chi connectivity index (χ2v) is 8.13. The van der Waals surface area contributed by atoms with Gasteiger partial charge in [0.2, 0.25) is 0 Å². The number of rotatable bonds is 1. The van der Waals surface area contributed by atoms with Crippen LogP contribution in [0.2, 0.25) is 0 Å². The van der Waals surface area contributed by atoms with E-state index in [1.165, 1.54) is 4.90 Å². The topological polar surface area (TPSA) is 70.5 Å². The van der Waals surface area contributed by atoms with E-state index in [-0.39, 0.29) is 24.9 Å². The molecule has 0 bridgehead atoms. The van der Waals surface area contributed by atoms with Gasteiger partial charge in [-0.05, 0) is 18.1 Å². The van der Waals surface area contributed by atoms with Crippen LogP contribution in [0.4, 0.5) is 32.4 Å². The van der Waals surface area contributed by atoms with E-state index in [0.29, 0.717) is 42.5 Å². The fourth-order valence-corrected chi connectivity index (χ4v) is 4.16. The number of fused-ring (bicyclic) bond motifs is 3. The molecule has 1 N–H and O–H groups in total. The normalized spacial score (nSPS) is 18.8. The second kappa shape index (κ2) is 7.75. The molecule has 12 heteroatoms. The summed E-state index contributed by atoms with van der Waals surface area (Å²) in [5.74, 6) is -3.72. The van der Waals surface area contributed by atoms with Crippen molar-refractivity contribution in [2.45, 2.75) is 32.6 Å². The van der Waals surface area contributed by atoms with Crippen molar-refractivity contribution in [1.29, 1.82) is 0 Å². The molecule has 0 radical (unpaired) electrons. The van der Waals surface area contributed by atoms with Crippen LogP contribution in [0.25, 0.3) is 0 Å². The Morgan fingerprint density at radius 1 is 1.22 bits per heavy atom. The SMILES string of the molecule is CC1CN(C)C(=O)c2c3c(nn2C1)CCN(C(=O)Nc1ccc(F)c(C(F)(F)F)c1F)C3. The van der Waals surface area contributed by atoms with Crippen LogP contribution in [-0.2, 0) is 25.7 Å². The van der Waals surface area contributed by atoms with Crippen LogP contribution >= 0.6 is 0 Å². The number of amides is 3. The third kappa shape index (κ3) is 3.78. The predicted octanol–water partition coefficient (Wildman–Crippen LogP) is 3.49. The first-order chi connectivity index (χ1) is 15.0. The highest BCUT2D eigenvalue weighted by atomic mass is 19.4. The van der Waals surface area contributed by atoms with Gasteiger partial charge in [-0.2, -0.15) is 18.3 Å². The number of hydrogen-bond acceptors (Lipinski definition) is 3. The zero-order valence-electron chi connectivity index (χ0n) is 17.3. The van der Waals surface area contributed by atoms with Gasteiger partial charge in [0.1, 0.15) is 17.1 Å². The molecule has 2 aliphatic heterocycles. The van der Waals surface area contributed by atoms with Gasteiger partial charge < -0.3 is 15.1 Å². The van der Waals surface area contributed by atoms with Crippen LogP contribution in [0, 0.1) is 17.6 Å². The van der Waals surface area contributed by atoms with E-state index in [1.54, 1.807) is 16.6 Å². The van der Waals surface area contributed by atoms with Crippen LogP contribution < -0.4 is 5.32 Å². The average molecular weight is 457 g/mol. The number of hydrogen-bond donors (Lipinski definition) is 1. The number of carbonyl (C=O) groups excluding carboxylic acids is 2. The Bertz CT molecular complexity index is 1100. The minimum atomic E-state index is -5.26. The number of benzene rings is 1. The van der Waals surface area contributed by atoms with Gasteiger partial charge in [-0.3, -0.25) is 9.48 Å². The standard InChI is InChI=1S/C20H20F5N5O2/c1-10-7-28(2)18(31)17-11-9-29(6-5-13(11)27-30(17)8-10)19(32)26-14-4-3-12(21)15(16(14)22)20(23,24)25/h3-4,10H,5-9H2,1-2H3,(H,26,32). The fourth-order valence-electron chi connectivity index (χ4n) is 4.16. The third-order valence-corrected chi connectivity index (χ3v) is 5.62. The number of anilines is 1. The van der Waals surface area contributed by atoms with E-state index in [9.17, 15) is 31.5 Å². The van der Waals surface area contributed by atoms with Crippen molar-refractivity contribution >= 4 is 17.6 Å². The Balaban J connectivity index is 1.59. The van der Waals surface area contributed by atoms with Crippen molar-refractivity contribution in [2.24, 2.45) is 5.92 Å². The average Bonchev–Trinajstić information content (AvgIpc) is 3.00. The van der Waals surface area contributed by atoms with Crippen molar-refractivity contribution in [3.05, 3.63) is 46.3 Å². The highest BCUT2D eigenvalue weighted by Gasteiger charge is 2.39. The molecule has 0 aliphatic carbocycles. The van der Waals surface area contributed by atoms with Gasteiger partial charge in [0, 0.05) is 38.7 Å². The first kappa shape index (κ1) is 22.0. The van der Waals surface area contributed by atoms with Gasteiger partial charge >= 0.3 is 12.2 Å². The Kier molecular flexibility index (Phi) is 5.33. The molecule has 3 heterocycles. The van der Waals surface area contributed by atoms with E-state index >= 15 is 0 Å². The van der Waals surface area contributed by atoms with Crippen molar-refractivity contribution in [3.8, 4) is 0 Å². The zero-order valence-corrected chi connectivity index (χ0v) is 17.3. The Labute approximate surface area is 179 Å². The lowest BCUT2D eigenvalue weighted by atomic mass is 10.0. The van der Waals surface area contributed by atoms with Crippen LogP contribution in [0.1, 0.15) is 34.2 Å². The van der Waals surface area contributed by atoms with Crippen LogP contribution in [0.5, 0.6) is 0 Å². The quantitative estimate of drug-likeness (QED) is 0.667. The first-order valence-corrected chi connectivity index (χ1v) is 9.92. The first-order valence-electron chi connectivity index (χ1n) is 9.92. The third-order valence-electron chi connectivity index (χ3n) is 5.62. The van der Waals surface area contributed by atoms with Crippen molar-refractivity contribution in [2.75, 3.05) is 25.5 Å². The highest BCUT2D eigenvalue weighted by Crippen LogP contribution is 2.36. The van der Waals surface area contributed by atoms with Gasteiger partial charge in [0.15, 0.2) is 5.82 Å². The summed E-state index contributed by atoms with van der Waals surface area (Å²) in [5, 5.41) is 6.60. The maximum Gasteiger partial charge on any atom is 0.422 e. The molecular weight excluding hydrogens is 437 g/mol. The number of alkyl halides is 3. The molecule has 4 rings (SSSR count). The highest BCUT2D eigenvalue weighted by molar-refractivity contribution is 5.95. The number of nitrogens with zero attached hydrogens (tertiary/aromatic N) is 4. The van der Waals surface area contributed by atoms with Gasteiger partial charge in [-0.1, -0.05) is 6.92 Å². The van der Waals surface area contributed by atoms with Crippen molar-refractivity contribution < 1.29 is 31.5 Å². The zero-order chi connectivity index (χ0) is 23.4. The molecule has 32 heavy (non-hydrogen) atoms. The summed E-state index contributed by atoms with van der Waals surface area (Å²) >= 11 is 0.